The number of carbonyl (C=O) groups excluding carboxylic acids is 1. The highest BCUT2D eigenvalue weighted by molar-refractivity contribution is 5.91. The number of carbonyl (C=O) groups is 1. The second-order valence-electron chi connectivity index (χ2n) is 4.69. The summed E-state index contributed by atoms with van der Waals surface area (Å²) in [6.07, 6.45) is 3.65. The number of hydrogen-bond acceptors (Lipinski definition) is 4. The molecule has 3 heterocycles. The van der Waals surface area contributed by atoms with Crippen molar-refractivity contribution in [3.05, 3.63) is 35.9 Å². The Hall–Kier alpha value is -2.15. The van der Waals surface area contributed by atoms with E-state index in [-0.39, 0.29) is 5.91 Å². The minimum atomic E-state index is -0.195. The van der Waals surface area contributed by atoms with Gasteiger partial charge in [-0.3, -0.25) is 4.79 Å². The summed E-state index contributed by atoms with van der Waals surface area (Å²) in [6.45, 7) is 2.25. The number of nitrogens with one attached hydrogen (secondary N) is 2. The highest BCUT2D eigenvalue weighted by atomic mass is 16.2. The lowest BCUT2D eigenvalue weighted by atomic mass is 10.2. The predicted octanol–water partition coefficient (Wildman–Crippen LogP) is -0.309. The molecule has 3 rings (SSSR count). The van der Waals surface area contributed by atoms with Gasteiger partial charge in [0.1, 0.15) is 0 Å². The summed E-state index contributed by atoms with van der Waals surface area (Å²) in [5.41, 5.74) is 1.41. The summed E-state index contributed by atoms with van der Waals surface area (Å²) in [5, 5.41) is 13.9. The third-order valence-electron chi connectivity index (χ3n) is 3.36. The monoisotopic (exact) mass is 260 g/mol. The van der Waals surface area contributed by atoms with Crippen LogP contribution in [0.2, 0.25) is 0 Å². The quantitative estimate of drug-likeness (QED) is 0.790. The molecule has 2 aromatic rings. The van der Waals surface area contributed by atoms with E-state index in [9.17, 15) is 4.79 Å². The molecule has 1 amide bonds. The van der Waals surface area contributed by atoms with Crippen molar-refractivity contribution in [2.75, 3.05) is 13.1 Å². The summed E-state index contributed by atoms with van der Waals surface area (Å²) in [6, 6.07) is 4.24. The standard InChI is InChI=1S/C12H16N6O/c1-17-4-2-3-9(17)7-14-12(19)11-8-18(16-15-11)10-5-13-6-10/h2-4,8,10,13H,5-7H2,1H3,(H,14,19). The van der Waals surface area contributed by atoms with Gasteiger partial charge >= 0.3 is 0 Å². The first kappa shape index (κ1) is 11.9. The van der Waals surface area contributed by atoms with Crippen molar-refractivity contribution >= 4 is 5.91 Å². The van der Waals surface area contributed by atoms with Crippen LogP contribution in [0.4, 0.5) is 0 Å². The lowest BCUT2D eigenvalue weighted by molar-refractivity contribution is 0.0945. The second kappa shape index (κ2) is 4.85. The number of rotatable bonds is 4. The molecule has 7 heteroatoms. The minimum Gasteiger partial charge on any atom is -0.353 e. The lowest BCUT2D eigenvalue weighted by Crippen LogP contribution is -2.43. The molecule has 0 atom stereocenters. The molecule has 0 unspecified atom stereocenters. The van der Waals surface area contributed by atoms with Gasteiger partial charge in [0, 0.05) is 32.0 Å². The van der Waals surface area contributed by atoms with Crippen LogP contribution < -0.4 is 10.6 Å². The Balaban J connectivity index is 1.60. The number of aryl methyl sites for hydroxylation is 1. The Morgan fingerprint density at radius 2 is 2.42 bits per heavy atom. The molecule has 0 saturated carbocycles. The van der Waals surface area contributed by atoms with Crippen molar-refractivity contribution in [3.63, 3.8) is 0 Å². The van der Waals surface area contributed by atoms with Gasteiger partial charge in [-0.25, -0.2) is 4.68 Å². The van der Waals surface area contributed by atoms with E-state index in [1.54, 1.807) is 10.9 Å². The van der Waals surface area contributed by atoms with E-state index < -0.39 is 0 Å². The summed E-state index contributed by atoms with van der Waals surface area (Å²) < 4.78 is 3.71. The molecule has 1 saturated heterocycles. The molecule has 19 heavy (non-hydrogen) atoms. The SMILES string of the molecule is Cn1cccc1CNC(=O)c1cn(C2CNC2)nn1. The van der Waals surface area contributed by atoms with Crippen LogP contribution in [0.5, 0.6) is 0 Å². The van der Waals surface area contributed by atoms with E-state index in [0.29, 0.717) is 18.3 Å². The molecule has 0 aromatic carbocycles. The van der Waals surface area contributed by atoms with Crippen molar-refractivity contribution in [3.8, 4) is 0 Å². The fourth-order valence-electron chi connectivity index (χ4n) is 1.96. The van der Waals surface area contributed by atoms with Gasteiger partial charge < -0.3 is 15.2 Å². The molecule has 0 bridgehead atoms. The largest absolute Gasteiger partial charge is 0.353 e. The Morgan fingerprint density at radius 3 is 3.05 bits per heavy atom. The van der Waals surface area contributed by atoms with Crippen molar-refractivity contribution in [2.45, 2.75) is 12.6 Å². The van der Waals surface area contributed by atoms with Crippen LogP contribution in [-0.4, -0.2) is 38.6 Å². The molecular weight excluding hydrogens is 244 g/mol. The molecule has 2 N–H and O–H groups in total. The lowest BCUT2D eigenvalue weighted by Gasteiger charge is -2.26. The first-order valence-corrected chi connectivity index (χ1v) is 6.25. The van der Waals surface area contributed by atoms with Gasteiger partial charge in [-0.2, -0.15) is 0 Å². The van der Waals surface area contributed by atoms with Gasteiger partial charge in [-0.05, 0) is 12.1 Å². The number of hydrogen-bond donors (Lipinski definition) is 2. The molecule has 0 aliphatic carbocycles. The Labute approximate surface area is 110 Å². The van der Waals surface area contributed by atoms with Crippen molar-refractivity contribution in [2.24, 2.45) is 7.05 Å². The fourth-order valence-corrected chi connectivity index (χ4v) is 1.96. The van der Waals surface area contributed by atoms with E-state index >= 15 is 0 Å². The van der Waals surface area contributed by atoms with Gasteiger partial charge in [0.2, 0.25) is 0 Å². The van der Waals surface area contributed by atoms with Crippen LogP contribution in [0.1, 0.15) is 22.2 Å². The maximum Gasteiger partial charge on any atom is 0.273 e. The maximum atomic E-state index is 11.9. The summed E-state index contributed by atoms with van der Waals surface area (Å²) >= 11 is 0. The third kappa shape index (κ3) is 2.37. The normalized spacial score (nSPS) is 15.2. The van der Waals surface area contributed by atoms with Crippen LogP contribution in [0, 0.1) is 0 Å². The van der Waals surface area contributed by atoms with E-state index in [2.05, 4.69) is 20.9 Å². The average Bonchev–Trinajstić information content (AvgIpc) is 2.94. The molecular formula is C12H16N6O. The van der Waals surface area contributed by atoms with E-state index in [4.69, 9.17) is 0 Å². The van der Waals surface area contributed by atoms with E-state index in [1.165, 1.54) is 0 Å². The third-order valence-corrected chi connectivity index (χ3v) is 3.36. The smallest absolute Gasteiger partial charge is 0.273 e. The van der Waals surface area contributed by atoms with Gasteiger partial charge in [0.05, 0.1) is 18.8 Å². The number of amides is 1. The maximum absolute atomic E-state index is 11.9. The summed E-state index contributed by atoms with van der Waals surface area (Å²) in [4.78, 5) is 11.9. The zero-order valence-corrected chi connectivity index (χ0v) is 10.7. The highest BCUT2D eigenvalue weighted by Crippen LogP contribution is 2.09. The van der Waals surface area contributed by atoms with Crippen molar-refractivity contribution in [1.29, 1.82) is 0 Å². The average molecular weight is 260 g/mol. The van der Waals surface area contributed by atoms with Crippen LogP contribution in [0.3, 0.4) is 0 Å². The zero-order chi connectivity index (χ0) is 13.2. The molecule has 1 aliphatic heterocycles. The van der Waals surface area contributed by atoms with Gasteiger partial charge in [-0.15, -0.1) is 5.10 Å². The molecule has 100 valence electrons. The number of nitrogens with zero attached hydrogens (tertiary/aromatic N) is 4. The van der Waals surface area contributed by atoms with Crippen LogP contribution in [0.25, 0.3) is 0 Å². The predicted molar refractivity (Wildman–Crippen MR) is 68.5 cm³/mol. The van der Waals surface area contributed by atoms with Gasteiger partial charge in [-0.1, -0.05) is 5.21 Å². The molecule has 0 spiro atoms. The fraction of sp³-hybridized carbons (Fsp3) is 0.417. The van der Waals surface area contributed by atoms with E-state index in [0.717, 1.165) is 18.8 Å². The number of aromatic nitrogens is 4. The molecule has 1 aliphatic rings. The van der Waals surface area contributed by atoms with Crippen LogP contribution >= 0.6 is 0 Å². The Bertz CT molecular complexity index is 583. The zero-order valence-electron chi connectivity index (χ0n) is 10.7. The highest BCUT2D eigenvalue weighted by Gasteiger charge is 2.21. The molecule has 1 fully saturated rings. The first-order chi connectivity index (χ1) is 9.24. The Kier molecular flexibility index (Phi) is 3.04. The van der Waals surface area contributed by atoms with E-state index in [1.807, 2.05) is 29.9 Å². The van der Waals surface area contributed by atoms with Crippen LogP contribution in [-0.2, 0) is 13.6 Å². The van der Waals surface area contributed by atoms with Gasteiger partial charge in [0.25, 0.3) is 5.91 Å². The minimum absolute atomic E-state index is 0.195. The summed E-state index contributed by atoms with van der Waals surface area (Å²) in [5.74, 6) is -0.195. The molecule has 2 aromatic heterocycles. The Morgan fingerprint density at radius 1 is 1.58 bits per heavy atom. The van der Waals surface area contributed by atoms with Crippen molar-refractivity contribution < 1.29 is 4.79 Å². The van der Waals surface area contributed by atoms with Gasteiger partial charge in [0.15, 0.2) is 5.69 Å². The van der Waals surface area contributed by atoms with Crippen LogP contribution in [0.15, 0.2) is 24.5 Å². The topological polar surface area (TPSA) is 76.8 Å². The first-order valence-electron chi connectivity index (χ1n) is 6.25. The van der Waals surface area contributed by atoms with Crippen molar-refractivity contribution in [1.82, 2.24) is 30.2 Å². The summed E-state index contributed by atoms with van der Waals surface area (Å²) in [7, 11) is 1.95. The second-order valence-corrected chi connectivity index (χ2v) is 4.69. The molecule has 0 radical (unpaired) electrons. The molecule has 7 nitrogen and oxygen atoms in total.